The SMILES string of the molecule is Cc1ccc(C2C(C)C(N3CCC(C(=O)NCCc4ccc(Cl)cc4)CC3)NS2(=O)=O)cc1C. The summed E-state index contributed by atoms with van der Waals surface area (Å²) in [6, 6.07) is 13.6. The molecule has 2 saturated heterocycles. The molecule has 2 aliphatic rings. The highest BCUT2D eigenvalue weighted by molar-refractivity contribution is 7.90. The van der Waals surface area contributed by atoms with Gasteiger partial charge in [-0.3, -0.25) is 9.69 Å². The van der Waals surface area contributed by atoms with Gasteiger partial charge >= 0.3 is 0 Å². The van der Waals surface area contributed by atoms with Gasteiger partial charge in [0.2, 0.25) is 15.9 Å². The van der Waals surface area contributed by atoms with Crippen molar-refractivity contribution in [3.8, 4) is 0 Å². The number of rotatable bonds is 6. The van der Waals surface area contributed by atoms with Crippen LogP contribution in [0.5, 0.6) is 0 Å². The molecular formula is C26H34ClN3O3S. The maximum absolute atomic E-state index is 13.0. The monoisotopic (exact) mass is 503 g/mol. The lowest BCUT2D eigenvalue weighted by molar-refractivity contribution is -0.126. The van der Waals surface area contributed by atoms with Crippen LogP contribution in [-0.2, 0) is 21.2 Å². The van der Waals surface area contributed by atoms with Crippen molar-refractivity contribution in [3.05, 3.63) is 69.7 Å². The molecule has 8 heteroatoms. The van der Waals surface area contributed by atoms with Crippen LogP contribution in [0, 0.1) is 25.7 Å². The van der Waals surface area contributed by atoms with E-state index >= 15 is 0 Å². The molecule has 34 heavy (non-hydrogen) atoms. The Morgan fingerprint density at radius 3 is 2.41 bits per heavy atom. The van der Waals surface area contributed by atoms with E-state index in [-0.39, 0.29) is 23.9 Å². The van der Waals surface area contributed by atoms with Crippen molar-refractivity contribution in [1.29, 1.82) is 0 Å². The number of carbonyl (C=O) groups excluding carboxylic acids is 1. The number of hydrogen-bond donors (Lipinski definition) is 2. The number of amides is 1. The zero-order chi connectivity index (χ0) is 24.5. The Bertz CT molecular complexity index is 1130. The highest BCUT2D eigenvalue weighted by Crippen LogP contribution is 2.40. The molecule has 1 amide bonds. The molecule has 2 heterocycles. The molecule has 0 radical (unpaired) electrons. The summed E-state index contributed by atoms with van der Waals surface area (Å²) in [5.74, 6) is -0.0381. The summed E-state index contributed by atoms with van der Waals surface area (Å²) in [5, 5.41) is 3.20. The summed E-state index contributed by atoms with van der Waals surface area (Å²) in [5.41, 5.74) is 4.25. The van der Waals surface area contributed by atoms with Crippen LogP contribution < -0.4 is 10.0 Å². The Labute approximate surface area is 208 Å². The third-order valence-electron chi connectivity index (χ3n) is 7.37. The van der Waals surface area contributed by atoms with E-state index in [0.29, 0.717) is 24.7 Å². The number of nitrogens with one attached hydrogen (secondary N) is 2. The van der Waals surface area contributed by atoms with Gasteiger partial charge in [0.15, 0.2) is 0 Å². The average molecular weight is 504 g/mol. The quantitative estimate of drug-likeness (QED) is 0.625. The van der Waals surface area contributed by atoms with Crippen molar-refractivity contribution in [2.45, 2.75) is 51.4 Å². The summed E-state index contributed by atoms with van der Waals surface area (Å²) < 4.78 is 29.0. The molecule has 2 aliphatic heterocycles. The number of benzene rings is 2. The maximum Gasteiger partial charge on any atom is 0.223 e. The summed E-state index contributed by atoms with van der Waals surface area (Å²) in [4.78, 5) is 14.9. The third-order valence-corrected chi connectivity index (χ3v) is 9.57. The minimum Gasteiger partial charge on any atom is -0.356 e. The Balaban J connectivity index is 1.31. The maximum atomic E-state index is 13.0. The molecule has 2 N–H and O–H groups in total. The fourth-order valence-electron chi connectivity index (χ4n) is 5.19. The number of halogens is 1. The van der Waals surface area contributed by atoms with Crippen molar-refractivity contribution >= 4 is 27.5 Å². The molecule has 3 atom stereocenters. The number of carbonyl (C=O) groups is 1. The molecule has 3 unspecified atom stereocenters. The number of nitrogens with zero attached hydrogens (tertiary/aromatic N) is 1. The topological polar surface area (TPSA) is 78.5 Å². The van der Waals surface area contributed by atoms with Gasteiger partial charge in [-0.15, -0.1) is 0 Å². The Hall–Kier alpha value is -1.93. The highest BCUT2D eigenvalue weighted by atomic mass is 35.5. The van der Waals surface area contributed by atoms with Crippen LogP contribution in [0.2, 0.25) is 5.02 Å². The van der Waals surface area contributed by atoms with Gasteiger partial charge < -0.3 is 5.32 Å². The zero-order valence-corrected chi connectivity index (χ0v) is 21.6. The number of likely N-dealkylation sites (tertiary alicyclic amines) is 1. The fourth-order valence-corrected chi connectivity index (χ4v) is 7.39. The van der Waals surface area contributed by atoms with E-state index in [0.717, 1.165) is 41.5 Å². The van der Waals surface area contributed by atoms with Gasteiger partial charge in [-0.2, -0.15) is 4.72 Å². The minimum absolute atomic E-state index is 0.0367. The molecule has 0 aromatic heterocycles. The summed E-state index contributed by atoms with van der Waals surface area (Å²) >= 11 is 5.92. The number of aryl methyl sites for hydroxylation is 2. The van der Waals surface area contributed by atoms with Crippen molar-refractivity contribution in [3.63, 3.8) is 0 Å². The first-order valence-corrected chi connectivity index (χ1v) is 13.9. The van der Waals surface area contributed by atoms with Crippen molar-refractivity contribution in [1.82, 2.24) is 14.9 Å². The van der Waals surface area contributed by atoms with Crippen LogP contribution in [0.1, 0.15) is 47.3 Å². The van der Waals surface area contributed by atoms with Gasteiger partial charge in [0.05, 0.1) is 6.17 Å². The average Bonchev–Trinajstić information content (AvgIpc) is 3.05. The van der Waals surface area contributed by atoms with Crippen LogP contribution in [0.4, 0.5) is 0 Å². The lowest BCUT2D eigenvalue weighted by atomic mass is 9.91. The first-order valence-electron chi connectivity index (χ1n) is 12.0. The van der Waals surface area contributed by atoms with Crippen LogP contribution in [0.25, 0.3) is 0 Å². The van der Waals surface area contributed by atoms with E-state index in [1.54, 1.807) is 0 Å². The van der Waals surface area contributed by atoms with Gasteiger partial charge in [-0.25, -0.2) is 8.42 Å². The van der Waals surface area contributed by atoms with Crippen LogP contribution >= 0.6 is 11.6 Å². The summed E-state index contributed by atoms with van der Waals surface area (Å²) in [6.45, 7) is 8.06. The zero-order valence-electron chi connectivity index (χ0n) is 20.1. The fraction of sp³-hybridized carbons (Fsp3) is 0.500. The van der Waals surface area contributed by atoms with Gasteiger partial charge in [-0.1, -0.05) is 48.9 Å². The molecular weight excluding hydrogens is 470 g/mol. The van der Waals surface area contributed by atoms with Crippen LogP contribution in [-0.4, -0.2) is 45.0 Å². The number of sulfonamides is 1. The predicted molar refractivity (Wildman–Crippen MR) is 136 cm³/mol. The molecule has 0 aliphatic carbocycles. The van der Waals surface area contributed by atoms with E-state index in [9.17, 15) is 13.2 Å². The minimum atomic E-state index is -3.47. The molecule has 0 bridgehead atoms. The van der Waals surface area contributed by atoms with Crippen molar-refractivity contribution in [2.75, 3.05) is 19.6 Å². The Morgan fingerprint density at radius 2 is 1.76 bits per heavy atom. The van der Waals surface area contributed by atoms with Gasteiger partial charge in [0.1, 0.15) is 5.25 Å². The highest BCUT2D eigenvalue weighted by Gasteiger charge is 2.48. The van der Waals surface area contributed by atoms with Gasteiger partial charge in [-0.05, 0) is 67.5 Å². The number of hydrogen-bond acceptors (Lipinski definition) is 4. The molecule has 0 saturated carbocycles. The van der Waals surface area contributed by atoms with Crippen LogP contribution in [0.15, 0.2) is 42.5 Å². The van der Waals surface area contributed by atoms with Gasteiger partial charge in [0, 0.05) is 36.5 Å². The smallest absolute Gasteiger partial charge is 0.223 e. The van der Waals surface area contributed by atoms with Crippen LogP contribution in [0.3, 0.4) is 0 Å². The van der Waals surface area contributed by atoms with E-state index in [2.05, 4.69) is 14.9 Å². The Kier molecular flexibility index (Phi) is 7.67. The normalized spacial score (nSPS) is 25.4. The van der Waals surface area contributed by atoms with E-state index < -0.39 is 15.3 Å². The van der Waals surface area contributed by atoms with E-state index in [4.69, 9.17) is 11.6 Å². The molecule has 2 aromatic rings. The second-order valence-electron chi connectivity index (χ2n) is 9.71. The van der Waals surface area contributed by atoms with Gasteiger partial charge in [0.25, 0.3) is 0 Å². The first-order chi connectivity index (χ1) is 16.2. The van der Waals surface area contributed by atoms with E-state index in [1.165, 1.54) is 0 Å². The summed E-state index contributed by atoms with van der Waals surface area (Å²) in [7, 11) is -3.47. The summed E-state index contributed by atoms with van der Waals surface area (Å²) in [6.07, 6.45) is 1.98. The van der Waals surface area contributed by atoms with Crippen molar-refractivity contribution < 1.29 is 13.2 Å². The second kappa shape index (κ2) is 10.4. The molecule has 184 valence electrons. The largest absolute Gasteiger partial charge is 0.356 e. The molecule has 0 spiro atoms. The second-order valence-corrected chi connectivity index (χ2v) is 12.0. The Morgan fingerprint density at radius 1 is 1.09 bits per heavy atom. The molecule has 4 rings (SSSR count). The predicted octanol–water partition coefficient (Wildman–Crippen LogP) is 3.96. The number of piperidine rings is 1. The van der Waals surface area contributed by atoms with E-state index in [1.807, 2.05) is 63.2 Å². The third kappa shape index (κ3) is 5.48. The molecule has 2 aromatic carbocycles. The lowest BCUT2D eigenvalue weighted by Crippen LogP contribution is -2.50. The molecule has 6 nitrogen and oxygen atoms in total. The standard InChI is InChI=1S/C26H34ClN3O3S/c1-17-4-7-22(16-18(17)2)24-19(3)25(29-34(24,32)33)30-14-11-21(12-15-30)26(31)28-13-10-20-5-8-23(27)9-6-20/h4-9,16,19,21,24-25,29H,10-15H2,1-3H3,(H,28,31). The first kappa shape index (κ1) is 25.2. The van der Waals surface area contributed by atoms with Crippen molar-refractivity contribution in [2.24, 2.45) is 11.8 Å². The molecule has 2 fully saturated rings. The lowest BCUT2D eigenvalue weighted by Gasteiger charge is -2.36.